The first kappa shape index (κ1) is 24.2. The van der Waals surface area contributed by atoms with Gasteiger partial charge in [-0.2, -0.15) is 5.26 Å². The number of pyridine rings is 1. The molecule has 0 spiro atoms. The summed E-state index contributed by atoms with van der Waals surface area (Å²) < 4.78 is 13.7. The SMILES string of the molecule is N#Cc1cc2c(Oc3ccc4c(ccn4C(=O)NC4CC4)c3)ccnc2cc1OC[C@H](O)CN1CCCC1. The first-order chi connectivity index (χ1) is 18.6. The maximum absolute atomic E-state index is 12.5. The number of likely N-dealkylation sites (tertiary alicyclic amines) is 1. The number of hydrogen-bond acceptors (Lipinski definition) is 7. The van der Waals surface area contributed by atoms with Crippen molar-refractivity contribution in [2.45, 2.75) is 37.8 Å². The van der Waals surface area contributed by atoms with Gasteiger partial charge in [0.2, 0.25) is 0 Å². The Hall–Kier alpha value is -4.13. The van der Waals surface area contributed by atoms with Crippen molar-refractivity contribution in [1.29, 1.82) is 5.26 Å². The van der Waals surface area contributed by atoms with Crippen LogP contribution in [-0.4, -0.2) is 64.0 Å². The van der Waals surface area contributed by atoms with Gasteiger partial charge in [0.05, 0.1) is 16.6 Å². The van der Waals surface area contributed by atoms with Crippen LogP contribution < -0.4 is 14.8 Å². The highest BCUT2D eigenvalue weighted by atomic mass is 16.5. The van der Waals surface area contributed by atoms with Crippen molar-refractivity contribution >= 4 is 27.8 Å². The van der Waals surface area contributed by atoms with Crippen molar-refractivity contribution in [3.8, 4) is 23.3 Å². The summed E-state index contributed by atoms with van der Waals surface area (Å²) in [5.41, 5.74) is 1.77. The molecule has 9 heteroatoms. The van der Waals surface area contributed by atoms with E-state index in [1.807, 2.05) is 24.3 Å². The molecule has 0 unspecified atom stereocenters. The van der Waals surface area contributed by atoms with E-state index in [0.717, 1.165) is 49.7 Å². The van der Waals surface area contributed by atoms with Crippen LogP contribution in [0.15, 0.2) is 54.9 Å². The van der Waals surface area contributed by atoms with E-state index < -0.39 is 6.10 Å². The summed E-state index contributed by atoms with van der Waals surface area (Å²) in [6.07, 6.45) is 7.15. The summed E-state index contributed by atoms with van der Waals surface area (Å²) in [6, 6.07) is 15.0. The van der Waals surface area contributed by atoms with Crippen molar-refractivity contribution in [2.75, 3.05) is 26.2 Å². The van der Waals surface area contributed by atoms with Crippen LogP contribution in [0.3, 0.4) is 0 Å². The summed E-state index contributed by atoms with van der Waals surface area (Å²) in [5.74, 6) is 1.55. The molecule has 194 valence electrons. The van der Waals surface area contributed by atoms with E-state index in [1.165, 1.54) is 0 Å². The number of ether oxygens (including phenoxy) is 2. The first-order valence-corrected chi connectivity index (χ1v) is 13.0. The number of aliphatic hydroxyl groups is 1. The number of carbonyl (C=O) groups excluding carboxylic acids is 1. The van der Waals surface area contributed by atoms with Crippen LogP contribution in [-0.2, 0) is 0 Å². The van der Waals surface area contributed by atoms with Crippen LogP contribution in [0.25, 0.3) is 21.8 Å². The second kappa shape index (κ2) is 10.3. The summed E-state index contributed by atoms with van der Waals surface area (Å²) in [5, 5.41) is 24.7. The Bertz CT molecular complexity index is 1530. The van der Waals surface area contributed by atoms with Crippen LogP contribution in [0.1, 0.15) is 31.2 Å². The molecule has 38 heavy (non-hydrogen) atoms. The summed E-state index contributed by atoms with van der Waals surface area (Å²) in [6.45, 7) is 2.66. The average molecular weight is 512 g/mol. The van der Waals surface area contributed by atoms with E-state index in [0.29, 0.717) is 40.3 Å². The van der Waals surface area contributed by atoms with Gasteiger partial charge in [0, 0.05) is 41.8 Å². The highest BCUT2D eigenvalue weighted by Gasteiger charge is 2.24. The lowest BCUT2D eigenvalue weighted by atomic mass is 10.1. The van der Waals surface area contributed by atoms with Crippen molar-refractivity contribution in [1.82, 2.24) is 19.8 Å². The molecule has 1 amide bonds. The quantitative estimate of drug-likeness (QED) is 0.360. The fourth-order valence-corrected chi connectivity index (χ4v) is 4.91. The molecule has 1 atom stereocenters. The zero-order valence-electron chi connectivity index (χ0n) is 21.0. The molecule has 0 radical (unpaired) electrons. The largest absolute Gasteiger partial charge is 0.489 e. The van der Waals surface area contributed by atoms with Crippen molar-refractivity contribution < 1.29 is 19.4 Å². The number of nitrogens with one attached hydrogen (secondary N) is 1. The van der Waals surface area contributed by atoms with E-state index >= 15 is 0 Å². The topological polar surface area (TPSA) is 113 Å². The van der Waals surface area contributed by atoms with Crippen molar-refractivity contribution in [3.05, 3.63) is 60.4 Å². The normalized spacial score (nSPS) is 16.4. The number of amides is 1. The zero-order valence-corrected chi connectivity index (χ0v) is 21.0. The molecule has 3 heterocycles. The third-order valence-corrected chi connectivity index (χ3v) is 7.04. The Morgan fingerprint density at radius 1 is 1.16 bits per heavy atom. The van der Waals surface area contributed by atoms with Gasteiger partial charge < -0.3 is 24.8 Å². The van der Waals surface area contributed by atoms with Gasteiger partial charge in [-0.3, -0.25) is 9.55 Å². The number of hydrogen-bond donors (Lipinski definition) is 2. The second-order valence-corrected chi connectivity index (χ2v) is 9.99. The number of rotatable bonds is 8. The van der Waals surface area contributed by atoms with Gasteiger partial charge in [-0.05, 0) is 75.2 Å². The molecular weight excluding hydrogens is 482 g/mol. The lowest BCUT2D eigenvalue weighted by Crippen LogP contribution is -2.33. The van der Waals surface area contributed by atoms with Gasteiger partial charge in [0.25, 0.3) is 0 Å². The Kier molecular flexibility index (Phi) is 6.58. The third kappa shape index (κ3) is 5.14. The summed E-state index contributed by atoms with van der Waals surface area (Å²) in [7, 11) is 0. The molecule has 1 aliphatic heterocycles. The van der Waals surface area contributed by atoms with Crippen LogP contribution in [0.5, 0.6) is 17.2 Å². The van der Waals surface area contributed by atoms with E-state index in [-0.39, 0.29) is 18.7 Å². The molecule has 1 aliphatic carbocycles. The average Bonchev–Trinajstić information content (AvgIpc) is 3.40. The predicted octanol–water partition coefficient (Wildman–Crippen LogP) is 4.41. The minimum absolute atomic E-state index is 0.102. The fraction of sp³-hybridized carbons (Fsp3) is 0.345. The predicted molar refractivity (Wildman–Crippen MR) is 143 cm³/mol. The zero-order chi connectivity index (χ0) is 26.1. The van der Waals surface area contributed by atoms with Crippen LogP contribution in [0.2, 0.25) is 0 Å². The number of aliphatic hydroxyl groups excluding tert-OH is 1. The number of nitrogens with zero attached hydrogens (tertiary/aromatic N) is 4. The fourth-order valence-electron chi connectivity index (χ4n) is 4.91. The number of fused-ring (bicyclic) bond motifs is 2. The van der Waals surface area contributed by atoms with Crippen LogP contribution >= 0.6 is 0 Å². The first-order valence-electron chi connectivity index (χ1n) is 13.0. The smallest absolute Gasteiger partial charge is 0.326 e. The highest BCUT2D eigenvalue weighted by Crippen LogP contribution is 2.34. The molecule has 2 fully saturated rings. The molecular formula is C29H29N5O4. The molecule has 2 aromatic heterocycles. The van der Waals surface area contributed by atoms with E-state index in [9.17, 15) is 15.2 Å². The third-order valence-electron chi connectivity index (χ3n) is 7.04. The Morgan fingerprint density at radius 2 is 2.00 bits per heavy atom. The van der Waals surface area contributed by atoms with Gasteiger partial charge in [-0.25, -0.2) is 4.79 Å². The Balaban J connectivity index is 1.20. The van der Waals surface area contributed by atoms with Gasteiger partial charge in [0.15, 0.2) is 0 Å². The molecule has 6 rings (SSSR count). The number of carbonyl (C=O) groups is 1. The van der Waals surface area contributed by atoms with Crippen molar-refractivity contribution in [3.63, 3.8) is 0 Å². The molecule has 2 aromatic carbocycles. The van der Waals surface area contributed by atoms with Gasteiger partial charge in [-0.1, -0.05) is 0 Å². The summed E-state index contributed by atoms with van der Waals surface area (Å²) in [4.78, 5) is 19.2. The molecule has 1 saturated carbocycles. The molecule has 4 aromatic rings. The second-order valence-electron chi connectivity index (χ2n) is 9.99. The number of nitriles is 1. The van der Waals surface area contributed by atoms with Crippen molar-refractivity contribution in [2.24, 2.45) is 0 Å². The Labute approximate surface area is 220 Å². The standard InChI is InChI=1S/C29H29N5O4/c30-16-20-14-24-25(15-28(20)37-18-22(35)17-33-10-1-2-11-33)31-9-7-27(24)38-23-5-6-26-19(13-23)8-12-34(26)29(36)32-21-3-4-21/h5-9,12-15,21-22,35H,1-4,10-11,17-18H2,(H,32,36)/t22-/m1/s1. The lowest BCUT2D eigenvalue weighted by Gasteiger charge is -2.20. The summed E-state index contributed by atoms with van der Waals surface area (Å²) >= 11 is 0. The van der Waals surface area contributed by atoms with Gasteiger partial charge in [-0.15, -0.1) is 0 Å². The van der Waals surface area contributed by atoms with E-state index in [2.05, 4.69) is 21.3 Å². The Morgan fingerprint density at radius 3 is 2.79 bits per heavy atom. The highest BCUT2D eigenvalue weighted by molar-refractivity contribution is 5.93. The molecule has 0 bridgehead atoms. The van der Waals surface area contributed by atoms with E-state index in [1.54, 1.807) is 35.2 Å². The van der Waals surface area contributed by atoms with Gasteiger partial charge in [0.1, 0.15) is 36.0 Å². The number of benzene rings is 2. The van der Waals surface area contributed by atoms with E-state index in [4.69, 9.17) is 9.47 Å². The van der Waals surface area contributed by atoms with Gasteiger partial charge >= 0.3 is 6.03 Å². The number of β-amino-alcohol motifs (C(OH)–C–C–N with tert-alkyl or cyclic N) is 1. The number of aromatic nitrogens is 2. The lowest BCUT2D eigenvalue weighted by molar-refractivity contribution is 0.0758. The monoisotopic (exact) mass is 511 g/mol. The molecule has 2 aliphatic rings. The molecule has 1 saturated heterocycles. The minimum atomic E-state index is -0.637. The van der Waals surface area contributed by atoms with Crippen LogP contribution in [0.4, 0.5) is 4.79 Å². The van der Waals surface area contributed by atoms with Crippen LogP contribution in [0, 0.1) is 11.3 Å². The molecule has 9 nitrogen and oxygen atoms in total. The maximum atomic E-state index is 12.5. The molecule has 2 N–H and O–H groups in total. The maximum Gasteiger partial charge on any atom is 0.326 e. The minimum Gasteiger partial charge on any atom is -0.489 e.